The quantitative estimate of drug-likeness (QED) is 0.614. The molecule has 0 bridgehead atoms. The summed E-state index contributed by atoms with van der Waals surface area (Å²) in [4.78, 5) is 15.0. The fourth-order valence-corrected chi connectivity index (χ4v) is 4.78. The Morgan fingerprint density at radius 2 is 1.73 bits per heavy atom. The van der Waals surface area contributed by atoms with Crippen LogP contribution in [0.2, 0.25) is 0 Å². The molecule has 160 valence electrons. The van der Waals surface area contributed by atoms with Crippen molar-refractivity contribution in [1.82, 2.24) is 14.8 Å². The third kappa shape index (κ3) is 4.37. The van der Waals surface area contributed by atoms with E-state index in [1.54, 1.807) is 0 Å². The lowest BCUT2D eigenvalue weighted by molar-refractivity contribution is 0.0378. The van der Waals surface area contributed by atoms with Crippen LogP contribution in [-0.2, 0) is 11.3 Å². The molecule has 1 N–H and O–H groups in total. The summed E-state index contributed by atoms with van der Waals surface area (Å²) in [6.07, 6.45) is 0.981. The van der Waals surface area contributed by atoms with Gasteiger partial charge in [0.05, 0.1) is 11.7 Å². The fourth-order valence-electron chi connectivity index (χ4n) is 4.78. The van der Waals surface area contributed by atoms with Crippen LogP contribution in [0.4, 0.5) is 0 Å². The molecule has 0 saturated carbocycles. The van der Waals surface area contributed by atoms with Crippen molar-refractivity contribution in [2.45, 2.75) is 58.8 Å². The van der Waals surface area contributed by atoms with Gasteiger partial charge in [0.1, 0.15) is 0 Å². The van der Waals surface area contributed by atoms with E-state index in [1.807, 2.05) is 26.0 Å². The molecule has 2 atom stereocenters. The predicted octanol–water partition coefficient (Wildman–Crippen LogP) is 4.43. The van der Waals surface area contributed by atoms with Gasteiger partial charge in [-0.3, -0.25) is 0 Å². The monoisotopic (exact) mass is 407 g/mol. The third-order valence-electron chi connectivity index (χ3n) is 5.84. The predicted molar refractivity (Wildman–Crippen MR) is 123 cm³/mol. The fraction of sp³-hybridized carbons (Fsp3) is 0.480. The molecule has 0 radical (unpaired) electrons. The van der Waals surface area contributed by atoms with Crippen LogP contribution < -0.4 is 5.32 Å². The minimum absolute atomic E-state index is 0.120. The van der Waals surface area contributed by atoms with Crippen molar-refractivity contribution < 1.29 is 9.53 Å². The number of ether oxygens (including phenoxy) is 1. The highest BCUT2D eigenvalue weighted by Crippen LogP contribution is 2.30. The van der Waals surface area contributed by atoms with Crippen molar-refractivity contribution >= 4 is 27.8 Å². The second-order valence-electron chi connectivity index (χ2n) is 8.94. The summed E-state index contributed by atoms with van der Waals surface area (Å²) in [5, 5.41) is 5.91. The van der Waals surface area contributed by atoms with Gasteiger partial charge in [0, 0.05) is 53.5 Å². The number of nitrogens with one attached hydrogen (secondary N) is 1. The van der Waals surface area contributed by atoms with E-state index >= 15 is 0 Å². The number of benzene rings is 2. The van der Waals surface area contributed by atoms with Gasteiger partial charge in [-0.1, -0.05) is 18.2 Å². The molecule has 0 amide bonds. The van der Waals surface area contributed by atoms with Gasteiger partial charge in [-0.25, -0.2) is 4.79 Å². The van der Waals surface area contributed by atoms with E-state index in [9.17, 15) is 4.79 Å². The number of aromatic nitrogens is 1. The van der Waals surface area contributed by atoms with E-state index in [-0.39, 0.29) is 12.1 Å². The zero-order valence-electron chi connectivity index (χ0n) is 18.5. The lowest BCUT2D eigenvalue weighted by Crippen LogP contribution is -2.54. The molecule has 1 fully saturated rings. The van der Waals surface area contributed by atoms with Gasteiger partial charge in [0.2, 0.25) is 0 Å². The van der Waals surface area contributed by atoms with Crippen molar-refractivity contribution in [2.24, 2.45) is 0 Å². The summed E-state index contributed by atoms with van der Waals surface area (Å²) in [6, 6.07) is 15.5. The number of aryl methyl sites for hydroxylation is 1. The maximum Gasteiger partial charge on any atom is 0.338 e. The normalized spacial score (nSPS) is 20.3. The van der Waals surface area contributed by atoms with Gasteiger partial charge in [-0.15, -0.1) is 0 Å². The van der Waals surface area contributed by atoms with Crippen molar-refractivity contribution in [3.8, 4) is 0 Å². The summed E-state index contributed by atoms with van der Waals surface area (Å²) in [7, 11) is 0. The number of para-hydroxylation sites is 1. The van der Waals surface area contributed by atoms with E-state index in [0.29, 0.717) is 17.6 Å². The second kappa shape index (κ2) is 8.78. The summed E-state index contributed by atoms with van der Waals surface area (Å²) in [5.74, 6) is -0.259. The number of esters is 1. The number of carbonyl (C=O) groups excluding carboxylic acids is 1. The molecule has 2 heterocycles. The van der Waals surface area contributed by atoms with Crippen LogP contribution in [0.25, 0.3) is 21.8 Å². The number of carbonyl (C=O) groups is 1. The number of hydrogen-bond donors (Lipinski definition) is 1. The number of piperazine rings is 1. The van der Waals surface area contributed by atoms with Crippen molar-refractivity contribution in [2.75, 3.05) is 19.6 Å². The zero-order valence-corrected chi connectivity index (χ0v) is 18.5. The van der Waals surface area contributed by atoms with Crippen molar-refractivity contribution in [1.29, 1.82) is 0 Å². The molecular formula is C25H33N3O2. The Morgan fingerprint density at radius 3 is 2.47 bits per heavy atom. The van der Waals surface area contributed by atoms with Crippen LogP contribution in [0.3, 0.4) is 0 Å². The summed E-state index contributed by atoms with van der Waals surface area (Å²) >= 11 is 0. The minimum atomic E-state index is -0.259. The number of nitrogens with zero attached hydrogens (tertiary/aromatic N) is 2. The average Bonchev–Trinajstić information content (AvgIpc) is 3.00. The SMILES string of the molecule is CC(C)OC(=O)c1ccc2c(c1)c1ccccc1n2CCCN1C[C@@H](C)N[C@@H](C)C1. The maximum atomic E-state index is 12.4. The van der Waals surface area contributed by atoms with Gasteiger partial charge < -0.3 is 19.5 Å². The largest absolute Gasteiger partial charge is 0.459 e. The summed E-state index contributed by atoms with van der Waals surface area (Å²) in [5.41, 5.74) is 3.02. The van der Waals surface area contributed by atoms with Crippen LogP contribution in [0.15, 0.2) is 42.5 Å². The first-order chi connectivity index (χ1) is 14.4. The molecule has 1 saturated heterocycles. The minimum Gasteiger partial charge on any atom is -0.459 e. The third-order valence-corrected chi connectivity index (χ3v) is 5.84. The molecule has 0 aliphatic carbocycles. The standard InChI is InChI=1S/C25H33N3O2/c1-17(2)30-25(29)20-10-11-24-22(14-20)21-8-5-6-9-23(21)28(24)13-7-12-27-15-18(3)26-19(4)16-27/h5-6,8-11,14,17-19,26H,7,12-13,15-16H2,1-4H3/t18-,19+. The summed E-state index contributed by atoms with van der Waals surface area (Å²) < 4.78 is 7.80. The van der Waals surface area contributed by atoms with E-state index in [4.69, 9.17) is 4.74 Å². The molecule has 4 rings (SSSR count). The van der Waals surface area contributed by atoms with E-state index in [2.05, 4.69) is 59.0 Å². The molecule has 0 spiro atoms. The molecule has 3 aromatic rings. The molecule has 1 aliphatic rings. The maximum absolute atomic E-state index is 12.4. The number of hydrogen-bond acceptors (Lipinski definition) is 4. The van der Waals surface area contributed by atoms with Gasteiger partial charge in [-0.05, 0) is 64.9 Å². The lowest BCUT2D eigenvalue weighted by atomic mass is 10.1. The Hall–Kier alpha value is -2.37. The Bertz CT molecular complexity index is 1030. The molecular weight excluding hydrogens is 374 g/mol. The Labute approximate surface area is 179 Å². The lowest BCUT2D eigenvalue weighted by Gasteiger charge is -2.36. The molecule has 1 aromatic heterocycles. The molecule has 0 unspecified atom stereocenters. The highest BCUT2D eigenvalue weighted by atomic mass is 16.5. The van der Waals surface area contributed by atoms with Crippen LogP contribution in [0.5, 0.6) is 0 Å². The van der Waals surface area contributed by atoms with Gasteiger partial charge >= 0.3 is 5.97 Å². The Kier molecular flexibility index (Phi) is 6.11. The topological polar surface area (TPSA) is 46.5 Å². The van der Waals surface area contributed by atoms with E-state index in [0.717, 1.165) is 38.0 Å². The van der Waals surface area contributed by atoms with Gasteiger partial charge in [0.15, 0.2) is 0 Å². The van der Waals surface area contributed by atoms with E-state index < -0.39 is 0 Å². The molecule has 1 aliphatic heterocycles. The average molecular weight is 408 g/mol. The number of fused-ring (bicyclic) bond motifs is 3. The Morgan fingerprint density at radius 1 is 1.03 bits per heavy atom. The number of rotatable bonds is 6. The molecule has 2 aromatic carbocycles. The Balaban J connectivity index is 1.58. The summed E-state index contributed by atoms with van der Waals surface area (Å²) in [6.45, 7) is 12.6. The first kappa shape index (κ1) is 20.9. The van der Waals surface area contributed by atoms with Gasteiger partial charge in [0.25, 0.3) is 0 Å². The first-order valence-corrected chi connectivity index (χ1v) is 11.1. The van der Waals surface area contributed by atoms with Crippen molar-refractivity contribution in [3.05, 3.63) is 48.0 Å². The zero-order chi connectivity index (χ0) is 21.3. The van der Waals surface area contributed by atoms with Crippen molar-refractivity contribution in [3.63, 3.8) is 0 Å². The van der Waals surface area contributed by atoms with Crippen LogP contribution in [0.1, 0.15) is 44.5 Å². The van der Waals surface area contributed by atoms with Gasteiger partial charge in [-0.2, -0.15) is 0 Å². The molecule has 30 heavy (non-hydrogen) atoms. The van der Waals surface area contributed by atoms with E-state index in [1.165, 1.54) is 16.4 Å². The smallest absolute Gasteiger partial charge is 0.338 e. The second-order valence-corrected chi connectivity index (χ2v) is 8.94. The van der Waals surface area contributed by atoms with Crippen LogP contribution >= 0.6 is 0 Å². The highest BCUT2D eigenvalue weighted by molar-refractivity contribution is 6.10. The highest BCUT2D eigenvalue weighted by Gasteiger charge is 2.20. The first-order valence-electron chi connectivity index (χ1n) is 11.1. The van der Waals surface area contributed by atoms with Crippen LogP contribution in [0, 0.1) is 0 Å². The molecule has 5 nitrogen and oxygen atoms in total. The molecule has 5 heteroatoms. The van der Waals surface area contributed by atoms with Crippen LogP contribution in [-0.4, -0.2) is 53.3 Å².